The van der Waals surface area contributed by atoms with Gasteiger partial charge >= 0.3 is 0 Å². The number of nitrogens with one attached hydrogen (secondary N) is 1. The predicted octanol–water partition coefficient (Wildman–Crippen LogP) is 0.974. The highest BCUT2D eigenvalue weighted by atomic mass is 16.1. The van der Waals surface area contributed by atoms with Crippen LogP contribution < -0.4 is 11.1 Å². The van der Waals surface area contributed by atoms with E-state index in [2.05, 4.69) is 20.4 Å². The molecule has 106 valence electrons. The third-order valence-corrected chi connectivity index (χ3v) is 2.97. The Morgan fingerprint density at radius 3 is 2.95 bits per heavy atom. The van der Waals surface area contributed by atoms with E-state index in [0.717, 1.165) is 0 Å². The van der Waals surface area contributed by atoms with E-state index in [9.17, 15) is 4.79 Å². The van der Waals surface area contributed by atoms with Crippen LogP contribution in [0.5, 0.6) is 0 Å². The van der Waals surface area contributed by atoms with Gasteiger partial charge < -0.3 is 11.1 Å². The summed E-state index contributed by atoms with van der Waals surface area (Å²) in [6.45, 7) is 3.98. The molecule has 2 aromatic rings. The number of pyridine rings is 1. The molecule has 2 rings (SSSR count). The van der Waals surface area contributed by atoms with Crippen LogP contribution in [0.3, 0.4) is 0 Å². The van der Waals surface area contributed by atoms with Gasteiger partial charge in [-0.25, -0.2) is 14.6 Å². The summed E-state index contributed by atoms with van der Waals surface area (Å²) < 4.78 is 1.50. The van der Waals surface area contributed by atoms with Gasteiger partial charge in [0, 0.05) is 18.7 Å². The van der Waals surface area contributed by atoms with Crippen molar-refractivity contribution in [2.75, 3.05) is 5.32 Å². The molecule has 0 radical (unpaired) electrons. The first-order valence-corrected chi connectivity index (χ1v) is 6.43. The van der Waals surface area contributed by atoms with Crippen molar-refractivity contribution in [1.82, 2.24) is 19.7 Å². The topological polar surface area (TPSA) is 98.7 Å². The highest BCUT2D eigenvalue weighted by molar-refractivity contribution is 5.92. The molecule has 2 aromatic heterocycles. The van der Waals surface area contributed by atoms with Gasteiger partial charge in [0.2, 0.25) is 5.91 Å². The van der Waals surface area contributed by atoms with Gasteiger partial charge in [-0.1, -0.05) is 13.8 Å². The maximum Gasteiger partial charge on any atom is 0.226 e. The van der Waals surface area contributed by atoms with Gasteiger partial charge in [0.25, 0.3) is 0 Å². The fourth-order valence-corrected chi connectivity index (χ4v) is 1.65. The average Bonchev–Trinajstić information content (AvgIpc) is 2.92. The Hall–Kier alpha value is -2.28. The molecule has 1 atom stereocenters. The molecular formula is C13H18N6O. The van der Waals surface area contributed by atoms with E-state index in [4.69, 9.17) is 5.73 Å². The van der Waals surface area contributed by atoms with Crippen LogP contribution in [0.4, 0.5) is 5.69 Å². The number of carbonyl (C=O) groups is 1. The van der Waals surface area contributed by atoms with Crippen LogP contribution in [0.25, 0.3) is 5.82 Å². The Labute approximate surface area is 117 Å². The van der Waals surface area contributed by atoms with E-state index in [0.29, 0.717) is 11.5 Å². The van der Waals surface area contributed by atoms with Crippen LogP contribution in [0, 0.1) is 5.92 Å². The van der Waals surface area contributed by atoms with Crippen molar-refractivity contribution in [3.8, 4) is 5.82 Å². The summed E-state index contributed by atoms with van der Waals surface area (Å²) in [6.07, 6.45) is 4.84. The molecule has 7 nitrogen and oxygen atoms in total. The first-order valence-electron chi connectivity index (χ1n) is 6.43. The van der Waals surface area contributed by atoms with E-state index in [1.165, 1.54) is 17.3 Å². The highest BCUT2D eigenvalue weighted by Crippen LogP contribution is 2.16. The maximum atomic E-state index is 12.0. The number of hydrogen-bond donors (Lipinski definition) is 2. The van der Waals surface area contributed by atoms with Crippen LogP contribution in [0.15, 0.2) is 31.0 Å². The lowest BCUT2D eigenvalue weighted by molar-refractivity contribution is -0.116. The zero-order valence-electron chi connectivity index (χ0n) is 11.5. The van der Waals surface area contributed by atoms with Crippen molar-refractivity contribution in [3.05, 3.63) is 31.0 Å². The largest absolute Gasteiger partial charge is 0.327 e. The first kappa shape index (κ1) is 14.1. The van der Waals surface area contributed by atoms with E-state index < -0.39 is 0 Å². The SMILES string of the molecule is CC(C)C(N)CC(=O)Nc1cccnc1-n1cncn1. The van der Waals surface area contributed by atoms with Crippen LogP contribution in [-0.4, -0.2) is 31.7 Å². The monoisotopic (exact) mass is 274 g/mol. The number of rotatable bonds is 5. The number of anilines is 1. The minimum Gasteiger partial charge on any atom is -0.327 e. The van der Waals surface area contributed by atoms with Crippen molar-refractivity contribution >= 4 is 11.6 Å². The molecular weight excluding hydrogens is 256 g/mol. The van der Waals surface area contributed by atoms with E-state index in [-0.39, 0.29) is 24.3 Å². The van der Waals surface area contributed by atoms with Crippen LogP contribution >= 0.6 is 0 Å². The summed E-state index contributed by atoms with van der Waals surface area (Å²) in [7, 11) is 0. The lowest BCUT2D eigenvalue weighted by atomic mass is 10.0. The number of hydrogen-bond acceptors (Lipinski definition) is 5. The Kier molecular flexibility index (Phi) is 4.41. The predicted molar refractivity (Wildman–Crippen MR) is 75.2 cm³/mol. The quantitative estimate of drug-likeness (QED) is 0.846. The third-order valence-electron chi connectivity index (χ3n) is 2.97. The second-order valence-electron chi connectivity index (χ2n) is 4.87. The molecule has 0 aliphatic carbocycles. The van der Waals surface area contributed by atoms with Gasteiger partial charge in [-0.3, -0.25) is 4.79 Å². The third kappa shape index (κ3) is 3.39. The molecule has 0 spiro atoms. The molecule has 0 fully saturated rings. The van der Waals surface area contributed by atoms with Crippen LogP contribution in [-0.2, 0) is 4.79 Å². The number of carbonyl (C=O) groups excluding carboxylic acids is 1. The summed E-state index contributed by atoms with van der Waals surface area (Å²) in [5.74, 6) is 0.640. The Morgan fingerprint density at radius 2 is 2.30 bits per heavy atom. The maximum absolute atomic E-state index is 12.0. The van der Waals surface area contributed by atoms with Gasteiger partial charge in [-0.15, -0.1) is 0 Å². The van der Waals surface area contributed by atoms with Crippen LogP contribution in [0.1, 0.15) is 20.3 Å². The molecule has 0 aliphatic heterocycles. The number of aromatic nitrogens is 4. The van der Waals surface area contributed by atoms with E-state index in [1.54, 1.807) is 18.3 Å². The fraction of sp³-hybridized carbons (Fsp3) is 0.385. The van der Waals surface area contributed by atoms with E-state index >= 15 is 0 Å². The molecule has 1 unspecified atom stereocenters. The lowest BCUT2D eigenvalue weighted by Gasteiger charge is -2.15. The molecule has 0 aliphatic rings. The molecule has 0 saturated heterocycles. The second-order valence-corrected chi connectivity index (χ2v) is 4.87. The van der Waals surface area contributed by atoms with Crippen LogP contribution in [0.2, 0.25) is 0 Å². The van der Waals surface area contributed by atoms with Crippen molar-refractivity contribution in [2.24, 2.45) is 11.7 Å². The fourth-order valence-electron chi connectivity index (χ4n) is 1.65. The summed E-state index contributed by atoms with van der Waals surface area (Å²) in [6, 6.07) is 3.35. The smallest absolute Gasteiger partial charge is 0.226 e. The van der Waals surface area contributed by atoms with Gasteiger partial charge in [0.05, 0.1) is 5.69 Å². The Morgan fingerprint density at radius 1 is 1.50 bits per heavy atom. The molecule has 3 N–H and O–H groups in total. The Bertz CT molecular complexity index is 566. The van der Waals surface area contributed by atoms with Crippen molar-refractivity contribution in [1.29, 1.82) is 0 Å². The minimum atomic E-state index is -0.165. The highest BCUT2D eigenvalue weighted by Gasteiger charge is 2.15. The average molecular weight is 274 g/mol. The molecule has 7 heteroatoms. The van der Waals surface area contributed by atoms with Crippen molar-refractivity contribution < 1.29 is 4.79 Å². The molecule has 20 heavy (non-hydrogen) atoms. The molecule has 0 aromatic carbocycles. The Balaban J connectivity index is 2.12. The zero-order chi connectivity index (χ0) is 14.5. The van der Waals surface area contributed by atoms with Crippen molar-refractivity contribution in [2.45, 2.75) is 26.3 Å². The summed E-state index contributed by atoms with van der Waals surface area (Å²) in [5, 5.41) is 6.83. The van der Waals surface area contributed by atoms with Crippen molar-refractivity contribution in [3.63, 3.8) is 0 Å². The number of nitrogens with two attached hydrogens (primary N) is 1. The second kappa shape index (κ2) is 6.25. The summed E-state index contributed by atoms with van der Waals surface area (Å²) in [4.78, 5) is 20.1. The molecule has 0 saturated carbocycles. The molecule has 2 heterocycles. The molecule has 0 bridgehead atoms. The summed E-state index contributed by atoms with van der Waals surface area (Å²) in [5.41, 5.74) is 6.48. The minimum absolute atomic E-state index is 0.138. The van der Waals surface area contributed by atoms with Gasteiger partial charge in [-0.2, -0.15) is 5.10 Å². The number of nitrogens with zero attached hydrogens (tertiary/aromatic N) is 4. The first-order chi connectivity index (χ1) is 9.58. The zero-order valence-corrected chi connectivity index (χ0v) is 11.5. The standard InChI is InChI=1S/C13H18N6O/c1-9(2)10(14)6-12(20)18-11-4-3-5-16-13(11)19-8-15-7-17-19/h3-5,7-10H,6,14H2,1-2H3,(H,18,20). The van der Waals surface area contributed by atoms with Gasteiger partial charge in [0.1, 0.15) is 12.7 Å². The van der Waals surface area contributed by atoms with Gasteiger partial charge in [0.15, 0.2) is 5.82 Å². The molecule has 1 amide bonds. The van der Waals surface area contributed by atoms with Gasteiger partial charge in [-0.05, 0) is 18.1 Å². The summed E-state index contributed by atoms with van der Waals surface area (Å²) >= 11 is 0. The lowest BCUT2D eigenvalue weighted by Crippen LogP contribution is -2.31. The number of amides is 1. The normalized spacial score (nSPS) is 12.4. The van der Waals surface area contributed by atoms with E-state index in [1.807, 2.05) is 13.8 Å².